The van der Waals surface area contributed by atoms with Crippen LogP contribution >= 0.6 is 27.7 Å². The van der Waals surface area contributed by atoms with Crippen molar-refractivity contribution in [2.75, 3.05) is 11.9 Å². The van der Waals surface area contributed by atoms with E-state index in [-0.39, 0.29) is 17.9 Å². The lowest BCUT2D eigenvalue weighted by Gasteiger charge is -2.44. The number of carbonyl (C=O) groups is 3. The van der Waals surface area contributed by atoms with E-state index in [9.17, 15) is 14.4 Å². The van der Waals surface area contributed by atoms with Crippen LogP contribution < -0.4 is 10.1 Å². The molecule has 0 unspecified atom stereocenters. The monoisotopic (exact) mass is 594 g/mol. The number of carbonyl (C=O) groups excluding carboxylic acids is 3. The van der Waals surface area contributed by atoms with Crippen LogP contribution in [0, 0.1) is 0 Å². The molecule has 0 bridgehead atoms. The molecule has 9 heteroatoms. The van der Waals surface area contributed by atoms with Crippen molar-refractivity contribution in [2.24, 2.45) is 0 Å². The Hall–Kier alpha value is -3.30. The van der Waals surface area contributed by atoms with Crippen LogP contribution in [0.4, 0.5) is 0 Å². The van der Waals surface area contributed by atoms with E-state index in [4.69, 9.17) is 9.47 Å². The molecule has 2 aliphatic rings. The molecule has 2 amide bonds. The molecule has 2 aliphatic heterocycles. The lowest BCUT2D eigenvalue weighted by Crippen LogP contribution is -2.71. The third-order valence-corrected chi connectivity index (χ3v) is 9.87. The number of rotatable bonds is 9. The van der Waals surface area contributed by atoms with Crippen LogP contribution in [0.15, 0.2) is 91.0 Å². The van der Waals surface area contributed by atoms with Gasteiger partial charge in [-0.15, -0.1) is 11.8 Å². The number of alkyl halides is 1. The van der Waals surface area contributed by atoms with E-state index >= 15 is 0 Å². The molecular formula is C29H27BrN2O5S. The van der Waals surface area contributed by atoms with Crippen LogP contribution in [0.1, 0.15) is 24.2 Å². The molecule has 0 aromatic heterocycles. The number of amides is 2. The van der Waals surface area contributed by atoms with Crippen molar-refractivity contribution in [3.63, 3.8) is 0 Å². The fourth-order valence-corrected chi connectivity index (χ4v) is 7.08. The van der Waals surface area contributed by atoms with E-state index in [1.165, 1.54) is 11.8 Å². The van der Waals surface area contributed by atoms with Crippen LogP contribution in [0.25, 0.3) is 0 Å². The van der Waals surface area contributed by atoms with Gasteiger partial charge in [-0.25, -0.2) is 4.79 Å². The second kappa shape index (κ2) is 11.2. The van der Waals surface area contributed by atoms with Crippen molar-refractivity contribution in [1.29, 1.82) is 0 Å². The zero-order valence-corrected chi connectivity index (χ0v) is 23.1. The van der Waals surface area contributed by atoms with Crippen molar-refractivity contribution in [2.45, 2.75) is 35.2 Å². The number of nitrogens with zero attached hydrogens (tertiary/aromatic N) is 1. The maximum Gasteiger partial charge on any atom is 0.331 e. The average molecular weight is 596 g/mol. The Labute approximate surface area is 234 Å². The summed E-state index contributed by atoms with van der Waals surface area (Å²) in [5, 5.41) is 2.86. The van der Waals surface area contributed by atoms with Gasteiger partial charge in [-0.2, -0.15) is 0 Å². The largest absolute Gasteiger partial charge is 0.484 e. The molecule has 2 heterocycles. The third kappa shape index (κ3) is 5.17. The molecule has 0 spiro atoms. The van der Waals surface area contributed by atoms with E-state index in [1.807, 2.05) is 85.8 Å². The lowest BCUT2D eigenvalue weighted by molar-refractivity contribution is -0.166. The Balaban J connectivity index is 1.30. The molecule has 0 radical (unpaired) electrons. The fraction of sp³-hybridized carbons (Fsp3) is 0.276. The molecule has 196 valence electrons. The number of hydrogen-bond donors (Lipinski definition) is 1. The summed E-state index contributed by atoms with van der Waals surface area (Å²) in [6.45, 7) is 1.73. The maximum atomic E-state index is 13.7. The van der Waals surface area contributed by atoms with E-state index in [0.29, 0.717) is 11.1 Å². The van der Waals surface area contributed by atoms with Gasteiger partial charge in [0.1, 0.15) is 23.2 Å². The molecule has 1 N–H and O–H groups in total. The second-order valence-electron chi connectivity index (χ2n) is 9.39. The third-order valence-electron chi connectivity index (χ3n) is 6.68. The van der Waals surface area contributed by atoms with Crippen LogP contribution in [0.5, 0.6) is 5.75 Å². The minimum atomic E-state index is -0.812. The van der Waals surface area contributed by atoms with E-state index < -0.39 is 34.8 Å². The van der Waals surface area contributed by atoms with Gasteiger partial charge >= 0.3 is 5.97 Å². The first-order valence-electron chi connectivity index (χ1n) is 12.2. The number of ether oxygens (including phenoxy) is 2. The second-order valence-corrected chi connectivity index (χ2v) is 11.6. The highest BCUT2D eigenvalue weighted by molar-refractivity contribution is 9.09. The number of fused-ring (bicyclic) bond motifs is 1. The first-order valence-corrected chi connectivity index (χ1v) is 14.2. The Morgan fingerprint density at radius 1 is 0.974 bits per heavy atom. The molecule has 3 aromatic carbocycles. The van der Waals surface area contributed by atoms with Crippen molar-refractivity contribution in [3.05, 3.63) is 102 Å². The molecule has 5 rings (SSSR count). The van der Waals surface area contributed by atoms with E-state index in [2.05, 4.69) is 21.2 Å². The topological polar surface area (TPSA) is 84.9 Å². The molecule has 2 saturated heterocycles. The summed E-state index contributed by atoms with van der Waals surface area (Å²) in [7, 11) is 0. The predicted molar refractivity (Wildman–Crippen MR) is 149 cm³/mol. The number of β-lactam (4-membered cyclic amide) rings is 1. The number of esters is 1. The maximum absolute atomic E-state index is 13.7. The summed E-state index contributed by atoms with van der Waals surface area (Å²) in [4.78, 5) is 41.1. The Morgan fingerprint density at radius 2 is 1.53 bits per heavy atom. The highest BCUT2D eigenvalue weighted by Gasteiger charge is 2.65. The first-order chi connectivity index (χ1) is 18.4. The minimum absolute atomic E-state index is 0.206. The highest BCUT2D eigenvalue weighted by atomic mass is 79.9. The molecular weight excluding hydrogens is 568 g/mol. The molecule has 38 heavy (non-hydrogen) atoms. The highest BCUT2D eigenvalue weighted by Crippen LogP contribution is 2.52. The Morgan fingerprint density at radius 3 is 2.08 bits per heavy atom. The van der Waals surface area contributed by atoms with Gasteiger partial charge in [0.2, 0.25) is 5.91 Å². The first kappa shape index (κ1) is 26.3. The molecule has 4 atom stereocenters. The average Bonchev–Trinajstić information content (AvgIpc) is 3.25. The lowest BCUT2D eigenvalue weighted by atomic mass is 9.95. The summed E-state index contributed by atoms with van der Waals surface area (Å²) in [6, 6.07) is 26.5. The van der Waals surface area contributed by atoms with Gasteiger partial charge in [0.15, 0.2) is 12.7 Å². The van der Waals surface area contributed by atoms with Gasteiger partial charge in [0.05, 0.1) is 4.75 Å². The van der Waals surface area contributed by atoms with Crippen LogP contribution in [-0.4, -0.2) is 56.8 Å². The molecule has 7 nitrogen and oxygen atoms in total. The summed E-state index contributed by atoms with van der Waals surface area (Å²) >= 11 is 5.04. The number of para-hydroxylation sites is 1. The normalized spacial score (nSPS) is 23.9. The predicted octanol–water partition coefficient (Wildman–Crippen LogP) is 4.32. The number of benzene rings is 3. The minimum Gasteiger partial charge on any atom is -0.484 e. The standard InChI is InChI=1S/C29H27BrN2O5S/c1-29(18-30)25(28(35)37-24(19-11-5-2-6-12-19)20-13-7-3-8-14-20)32-26(34)23(27(32)38-29)31-22(33)17-36-21-15-9-4-10-16-21/h2-16,23-25,27H,17-18H2,1H3,(H,31,33)/t23-,25+,27-,29+/m1/s1. The van der Waals surface area contributed by atoms with Gasteiger partial charge in [-0.3, -0.25) is 9.59 Å². The van der Waals surface area contributed by atoms with E-state index in [1.54, 1.807) is 17.0 Å². The summed E-state index contributed by atoms with van der Waals surface area (Å²) < 4.78 is 11.0. The number of halogens is 1. The zero-order chi connectivity index (χ0) is 26.7. The Bertz CT molecular complexity index is 1260. The number of thioether (sulfide) groups is 1. The van der Waals surface area contributed by atoms with Crippen molar-refractivity contribution in [3.8, 4) is 5.75 Å². The summed E-state index contributed by atoms with van der Waals surface area (Å²) in [5.74, 6) is -0.615. The Kier molecular flexibility index (Phi) is 7.76. The molecule has 2 fully saturated rings. The van der Waals surface area contributed by atoms with Gasteiger partial charge in [-0.05, 0) is 30.2 Å². The van der Waals surface area contributed by atoms with Crippen LogP contribution in [-0.2, 0) is 19.1 Å². The van der Waals surface area contributed by atoms with Crippen molar-refractivity contribution >= 4 is 45.5 Å². The number of hydrogen-bond acceptors (Lipinski definition) is 6. The van der Waals surface area contributed by atoms with Crippen LogP contribution in [0.3, 0.4) is 0 Å². The van der Waals surface area contributed by atoms with E-state index in [0.717, 1.165) is 11.1 Å². The summed E-state index contributed by atoms with van der Waals surface area (Å²) in [5.41, 5.74) is 1.68. The molecule has 3 aromatic rings. The van der Waals surface area contributed by atoms with Crippen LogP contribution in [0.2, 0.25) is 0 Å². The van der Waals surface area contributed by atoms with Gasteiger partial charge < -0.3 is 19.7 Å². The van der Waals surface area contributed by atoms with Crippen molar-refractivity contribution in [1.82, 2.24) is 10.2 Å². The smallest absolute Gasteiger partial charge is 0.331 e. The fourth-order valence-electron chi connectivity index (χ4n) is 4.77. The number of nitrogens with one attached hydrogen (secondary N) is 1. The van der Waals surface area contributed by atoms with Gasteiger partial charge in [0.25, 0.3) is 5.91 Å². The summed E-state index contributed by atoms with van der Waals surface area (Å²) in [6.07, 6.45) is -0.615. The zero-order valence-electron chi connectivity index (χ0n) is 20.7. The van der Waals surface area contributed by atoms with Crippen molar-refractivity contribution < 1.29 is 23.9 Å². The van der Waals surface area contributed by atoms with Gasteiger partial charge in [0, 0.05) is 5.33 Å². The molecule has 0 aliphatic carbocycles. The SMILES string of the molecule is C[C@@]1(CBr)S[C@@H]2[C@H](NC(=O)COc3ccccc3)C(=O)N2[C@H]1C(=O)OC(c1ccccc1)c1ccccc1. The quantitative estimate of drug-likeness (QED) is 0.226. The van der Waals surface area contributed by atoms with Gasteiger partial charge in [-0.1, -0.05) is 94.8 Å². The molecule has 0 saturated carbocycles.